The fraction of sp³-hybridized carbons (Fsp3) is 0.538. The number of benzene rings is 2. The summed E-state index contributed by atoms with van der Waals surface area (Å²) in [5, 5.41) is 52.4. The zero-order valence-corrected chi connectivity index (χ0v) is 22.9. The molecule has 2 aromatic carbocycles. The van der Waals surface area contributed by atoms with E-state index in [0.717, 1.165) is 16.7 Å². The average molecular weight is 557 g/mol. The Kier molecular flexibility index (Phi) is 11.4. The number of phenols is 2. The van der Waals surface area contributed by atoms with Gasteiger partial charge >= 0.3 is 0 Å². The maximum atomic E-state index is 11.3. The molecule has 0 amide bonds. The predicted octanol–water partition coefficient (Wildman–Crippen LogP) is 3.26. The van der Waals surface area contributed by atoms with Crippen molar-refractivity contribution in [3.05, 3.63) is 41.0 Å². The molecule has 4 atom stereocenters. The fourth-order valence-electron chi connectivity index (χ4n) is 4.53. The molecule has 0 aromatic heterocycles. The van der Waals surface area contributed by atoms with Crippen LogP contribution >= 0.6 is 21.6 Å². The Morgan fingerprint density at radius 3 is 2.16 bits per heavy atom. The average Bonchev–Trinajstić information content (AvgIpc) is 2.89. The van der Waals surface area contributed by atoms with Gasteiger partial charge < -0.3 is 44.5 Å². The van der Waals surface area contributed by atoms with E-state index in [1.54, 1.807) is 29.0 Å². The minimum Gasteiger partial charge on any atom is -0.504 e. The molecule has 1 heterocycles. The third kappa shape index (κ3) is 7.75. The van der Waals surface area contributed by atoms with Gasteiger partial charge in [-0.25, -0.2) is 0 Å². The van der Waals surface area contributed by atoms with Crippen LogP contribution in [0, 0.1) is 5.92 Å². The summed E-state index contributed by atoms with van der Waals surface area (Å²) in [5.74, 6) is 1.23. The van der Waals surface area contributed by atoms with Gasteiger partial charge in [-0.2, -0.15) is 0 Å². The summed E-state index contributed by atoms with van der Waals surface area (Å²) in [6.45, 7) is -0.492. The van der Waals surface area contributed by atoms with Crippen LogP contribution in [0.25, 0.3) is 0 Å². The molecule has 206 valence electrons. The van der Waals surface area contributed by atoms with E-state index in [-0.39, 0.29) is 29.4 Å². The minimum atomic E-state index is -0.933. The number of aliphatic hydroxyl groups excluding tert-OH is 3. The molecule has 0 fully saturated rings. The number of aliphatic hydroxyl groups is 3. The van der Waals surface area contributed by atoms with Crippen molar-refractivity contribution < 1.29 is 44.5 Å². The molecule has 0 spiro atoms. The molecule has 0 saturated heterocycles. The third-order valence-corrected chi connectivity index (χ3v) is 8.92. The molecule has 1 aliphatic rings. The van der Waals surface area contributed by atoms with E-state index < -0.39 is 31.0 Å². The molecule has 5 N–H and O–H groups in total. The van der Waals surface area contributed by atoms with Crippen LogP contribution in [-0.2, 0) is 23.3 Å². The smallest absolute Gasteiger partial charge is 0.200 e. The van der Waals surface area contributed by atoms with E-state index in [4.69, 9.17) is 18.9 Å². The zero-order valence-electron chi connectivity index (χ0n) is 21.3. The summed E-state index contributed by atoms with van der Waals surface area (Å²) >= 11 is 0. The molecular weight excluding hydrogens is 520 g/mol. The molecule has 0 saturated carbocycles. The van der Waals surface area contributed by atoms with Crippen molar-refractivity contribution in [3.8, 4) is 28.7 Å². The van der Waals surface area contributed by atoms with Crippen LogP contribution in [-0.4, -0.2) is 77.7 Å². The Morgan fingerprint density at radius 2 is 1.54 bits per heavy atom. The monoisotopic (exact) mass is 556 g/mol. The SMILES string of the molecule is COc1cc2c(cc1O)CSSCC(O)C(Cc1cc(OC)c(O)c(OC)c1)C(O)CC(OCO)CC2. The number of fused-ring (bicyclic) bond motifs is 1. The number of aryl methyl sites for hydroxylation is 1. The van der Waals surface area contributed by atoms with E-state index in [1.807, 2.05) is 6.07 Å². The zero-order chi connectivity index (χ0) is 26.9. The summed E-state index contributed by atoms with van der Waals surface area (Å²) in [4.78, 5) is 0. The van der Waals surface area contributed by atoms with Gasteiger partial charge in [0.05, 0.1) is 39.6 Å². The summed E-state index contributed by atoms with van der Waals surface area (Å²) in [7, 11) is 7.43. The van der Waals surface area contributed by atoms with Gasteiger partial charge in [0, 0.05) is 17.4 Å². The molecule has 3 rings (SSSR count). The van der Waals surface area contributed by atoms with E-state index in [9.17, 15) is 25.5 Å². The molecule has 0 bridgehead atoms. The highest BCUT2D eigenvalue weighted by Crippen LogP contribution is 2.40. The van der Waals surface area contributed by atoms with Crippen LogP contribution in [0.5, 0.6) is 28.7 Å². The van der Waals surface area contributed by atoms with Gasteiger partial charge in [-0.05, 0) is 66.6 Å². The summed E-state index contributed by atoms with van der Waals surface area (Å²) in [6, 6.07) is 6.84. The van der Waals surface area contributed by atoms with Gasteiger partial charge in [0.25, 0.3) is 0 Å². The molecule has 0 radical (unpaired) electrons. The number of phenolic OH excluding ortho intramolecular Hbond substituents is 2. The van der Waals surface area contributed by atoms with Gasteiger partial charge in [0.2, 0.25) is 5.75 Å². The topological polar surface area (TPSA) is 138 Å². The van der Waals surface area contributed by atoms with Crippen molar-refractivity contribution in [2.75, 3.05) is 33.9 Å². The maximum absolute atomic E-state index is 11.3. The van der Waals surface area contributed by atoms with Gasteiger partial charge in [0.1, 0.15) is 6.79 Å². The molecule has 11 heteroatoms. The quantitative estimate of drug-likeness (QED) is 0.254. The first-order valence-corrected chi connectivity index (χ1v) is 14.5. The fourth-order valence-corrected chi connectivity index (χ4v) is 6.83. The molecule has 2 aromatic rings. The highest BCUT2D eigenvalue weighted by Gasteiger charge is 2.31. The van der Waals surface area contributed by atoms with E-state index in [0.29, 0.717) is 36.5 Å². The standard InChI is InChI=1S/C26H36O9S2/c1-32-23-10-16-4-5-18(35-14-27)11-20(28)19(22(30)13-37-36-12-17(16)9-21(23)29)6-15-7-24(33-2)26(31)25(8-15)34-3/h7-10,18-20,22,27-31H,4-6,11-14H2,1-3H3. The second-order valence-electron chi connectivity index (χ2n) is 8.88. The molecule has 0 aliphatic carbocycles. The van der Waals surface area contributed by atoms with Crippen molar-refractivity contribution in [1.82, 2.24) is 0 Å². The van der Waals surface area contributed by atoms with Gasteiger partial charge in [-0.1, -0.05) is 21.6 Å². The number of rotatable bonds is 7. The number of hydrogen-bond acceptors (Lipinski definition) is 11. The first-order valence-electron chi connectivity index (χ1n) is 12.0. The van der Waals surface area contributed by atoms with Crippen molar-refractivity contribution in [2.24, 2.45) is 5.92 Å². The lowest BCUT2D eigenvalue weighted by Crippen LogP contribution is -2.37. The Bertz CT molecular complexity index is 995. The first kappa shape index (κ1) is 29.5. The second kappa shape index (κ2) is 14.2. The first-order chi connectivity index (χ1) is 17.8. The molecule has 4 unspecified atom stereocenters. The highest BCUT2D eigenvalue weighted by atomic mass is 33.1. The van der Waals surface area contributed by atoms with Crippen LogP contribution in [0.4, 0.5) is 0 Å². The van der Waals surface area contributed by atoms with Gasteiger partial charge in [-0.3, -0.25) is 0 Å². The maximum Gasteiger partial charge on any atom is 0.200 e. The lowest BCUT2D eigenvalue weighted by molar-refractivity contribution is -0.0808. The lowest BCUT2D eigenvalue weighted by Gasteiger charge is -2.30. The van der Waals surface area contributed by atoms with Crippen LogP contribution in [0.15, 0.2) is 24.3 Å². The Balaban J connectivity index is 1.88. The number of aromatic hydroxyl groups is 2. The van der Waals surface area contributed by atoms with Crippen molar-refractivity contribution in [1.29, 1.82) is 0 Å². The highest BCUT2D eigenvalue weighted by molar-refractivity contribution is 8.76. The van der Waals surface area contributed by atoms with E-state index >= 15 is 0 Å². The minimum absolute atomic E-state index is 0.0644. The van der Waals surface area contributed by atoms with Crippen LogP contribution in [0.1, 0.15) is 29.5 Å². The van der Waals surface area contributed by atoms with Crippen LogP contribution < -0.4 is 14.2 Å². The summed E-state index contributed by atoms with van der Waals surface area (Å²) < 4.78 is 21.4. The number of hydrogen-bond donors (Lipinski definition) is 5. The van der Waals surface area contributed by atoms with Crippen LogP contribution in [0.2, 0.25) is 0 Å². The van der Waals surface area contributed by atoms with Crippen molar-refractivity contribution >= 4 is 21.6 Å². The molecule has 9 nitrogen and oxygen atoms in total. The summed E-state index contributed by atoms with van der Waals surface area (Å²) in [6.07, 6.45) is -0.634. The third-order valence-electron chi connectivity index (χ3n) is 6.59. The van der Waals surface area contributed by atoms with Gasteiger partial charge in [0.15, 0.2) is 23.0 Å². The predicted molar refractivity (Wildman–Crippen MR) is 144 cm³/mol. The largest absolute Gasteiger partial charge is 0.504 e. The number of ether oxygens (including phenoxy) is 4. The lowest BCUT2D eigenvalue weighted by atomic mass is 9.86. The van der Waals surface area contributed by atoms with Crippen LogP contribution in [0.3, 0.4) is 0 Å². The normalized spacial score (nSPS) is 23.2. The second-order valence-corrected chi connectivity index (χ2v) is 11.4. The van der Waals surface area contributed by atoms with E-state index in [2.05, 4.69) is 0 Å². The Hall–Kier alpha value is -2.02. The van der Waals surface area contributed by atoms with Crippen molar-refractivity contribution in [2.45, 2.75) is 49.7 Å². The molecular formula is C26H36O9S2. The van der Waals surface area contributed by atoms with E-state index in [1.165, 1.54) is 32.1 Å². The number of methoxy groups -OCH3 is 3. The Labute approximate surface area is 225 Å². The molecule has 1 aliphatic heterocycles. The van der Waals surface area contributed by atoms with Crippen molar-refractivity contribution in [3.63, 3.8) is 0 Å². The van der Waals surface area contributed by atoms with Gasteiger partial charge in [-0.15, -0.1) is 0 Å². The summed E-state index contributed by atoms with van der Waals surface area (Å²) in [5.41, 5.74) is 2.67. The molecule has 37 heavy (non-hydrogen) atoms. The Morgan fingerprint density at radius 1 is 0.865 bits per heavy atom.